The summed E-state index contributed by atoms with van der Waals surface area (Å²) in [7, 11) is 0. The minimum atomic E-state index is -2.75. The van der Waals surface area contributed by atoms with Crippen LogP contribution < -0.4 is 10.2 Å². The molecule has 1 N–H and O–H groups in total. The van der Waals surface area contributed by atoms with Gasteiger partial charge in [-0.25, -0.2) is 8.78 Å². The Morgan fingerprint density at radius 3 is 2.79 bits per heavy atom. The summed E-state index contributed by atoms with van der Waals surface area (Å²) in [6.45, 7) is 1.88. The molecule has 29 heavy (non-hydrogen) atoms. The Bertz CT molecular complexity index is 997. The van der Waals surface area contributed by atoms with Gasteiger partial charge in [-0.3, -0.25) is 19.3 Å². The van der Waals surface area contributed by atoms with E-state index in [1.165, 1.54) is 4.90 Å². The number of anilines is 2. The largest absolute Gasteiger partial charge is 0.315 e. The van der Waals surface area contributed by atoms with Crippen LogP contribution in [-0.2, 0) is 9.59 Å². The monoisotopic (exact) mass is 421 g/mol. The molecule has 2 aromatic rings. The van der Waals surface area contributed by atoms with Gasteiger partial charge in [0.15, 0.2) is 5.01 Å². The number of nitrogens with one attached hydrogen (secondary N) is 1. The molecule has 152 valence electrons. The highest BCUT2D eigenvalue weighted by Gasteiger charge is 2.52. The molecular formula is C18H17F2N5O3S. The van der Waals surface area contributed by atoms with Crippen LogP contribution in [0.1, 0.15) is 48.0 Å². The minimum Gasteiger partial charge on any atom is -0.315 e. The summed E-state index contributed by atoms with van der Waals surface area (Å²) in [5.41, 5.74) is 0.136. The number of hydrogen-bond donors (Lipinski definition) is 1. The molecule has 1 fully saturated rings. The van der Waals surface area contributed by atoms with Crippen LogP contribution in [0.2, 0.25) is 0 Å². The van der Waals surface area contributed by atoms with Gasteiger partial charge < -0.3 is 10.2 Å². The first-order valence-electron chi connectivity index (χ1n) is 8.97. The zero-order chi connectivity index (χ0) is 20.8. The summed E-state index contributed by atoms with van der Waals surface area (Å²) >= 11 is 0.599. The Balaban J connectivity index is 1.51. The lowest BCUT2D eigenvalue weighted by Crippen LogP contribution is -2.62. The predicted molar refractivity (Wildman–Crippen MR) is 101 cm³/mol. The molecule has 2 aliphatic heterocycles. The molecule has 1 atom stereocenters. The van der Waals surface area contributed by atoms with Gasteiger partial charge in [0, 0.05) is 19.4 Å². The molecule has 0 radical (unpaired) electrons. The van der Waals surface area contributed by atoms with Gasteiger partial charge in [-0.15, -0.1) is 10.2 Å². The number of alkyl halides is 2. The average molecular weight is 421 g/mol. The minimum absolute atomic E-state index is 0.0236. The van der Waals surface area contributed by atoms with Gasteiger partial charge in [-0.2, -0.15) is 0 Å². The lowest BCUT2D eigenvalue weighted by molar-refractivity contribution is -0.117. The number of carbonyl (C=O) groups is 3. The lowest BCUT2D eigenvalue weighted by atomic mass is 9.98. The molecule has 0 aliphatic carbocycles. The maximum Gasteiger partial charge on any atom is 0.291 e. The van der Waals surface area contributed by atoms with E-state index in [1.807, 2.05) is 6.92 Å². The van der Waals surface area contributed by atoms with Gasteiger partial charge in [0.1, 0.15) is 5.66 Å². The smallest absolute Gasteiger partial charge is 0.291 e. The van der Waals surface area contributed by atoms with Crippen molar-refractivity contribution in [1.29, 1.82) is 0 Å². The van der Waals surface area contributed by atoms with Crippen LogP contribution in [0, 0.1) is 0 Å². The Labute approximate surface area is 168 Å². The van der Waals surface area contributed by atoms with E-state index in [4.69, 9.17) is 0 Å². The first-order valence-corrected chi connectivity index (χ1v) is 9.78. The van der Waals surface area contributed by atoms with E-state index >= 15 is 0 Å². The van der Waals surface area contributed by atoms with Gasteiger partial charge in [-0.1, -0.05) is 23.5 Å². The molecule has 1 aromatic heterocycles. The summed E-state index contributed by atoms with van der Waals surface area (Å²) < 4.78 is 25.2. The van der Waals surface area contributed by atoms with Crippen LogP contribution in [-0.4, -0.2) is 45.0 Å². The van der Waals surface area contributed by atoms with Gasteiger partial charge >= 0.3 is 0 Å². The summed E-state index contributed by atoms with van der Waals surface area (Å²) in [5.74, 6) is -0.804. The van der Waals surface area contributed by atoms with Crippen molar-refractivity contribution in [1.82, 2.24) is 15.1 Å². The van der Waals surface area contributed by atoms with Crippen LogP contribution in [0.25, 0.3) is 0 Å². The van der Waals surface area contributed by atoms with Crippen molar-refractivity contribution in [3.05, 3.63) is 34.8 Å². The van der Waals surface area contributed by atoms with Crippen LogP contribution in [0.4, 0.5) is 19.6 Å². The Hall–Kier alpha value is -2.95. The highest BCUT2D eigenvalue weighted by atomic mass is 32.1. The maximum absolute atomic E-state index is 13.1. The highest BCUT2D eigenvalue weighted by Crippen LogP contribution is 2.44. The topological polar surface area (TPSA) is 95.5 Å². The first-order chi connectivity index (χ1) is 13.8. The molecule has 1 saturated heterocycles. The fourth-order valence-electron chi connectivity index (χ4n) is 3.81. The van der Waals surface area contributed by atoms with Crippen molar-refractivity contribution < 1.29 is 23.2 Å². The molecule has 1 unspecified atom stereocenters. The van der Waals surface area contributed by atoms with Crippen LogP contribution in [0.15, 0.2) is 24.3 Å². The van der Waals surface area contributed by atoms with Crippen molar-refractivity contribution in [2.24, 2.45) is 0 Å². The molecule has 2 aliphatic rings. The van der Waals surface area contributed by atoms with Crippen LogP contribution >= 0.6 is 11.3 Å². The Morgan fingerprint density at radius 1 is 1.31 bits per heavy atom. The molecule has 4 rings (SSSR count). The summed E-state index contributed by atoms with van der Waals surface area (Å²) in [4.78, 5) is 41.0. The quantitative estimate of drug-likeness (QED) is 0.801. The number of carbonyl (C=O) groups excluding carboxylic acids is 3. The summed E-state index contributed by atoms with van der Waals surface area (Å²) in [6, 6.07) is 6.90. The molecule has 3 amide bonds. The van der Waals surface area contributed by atoms with Gasteiger partial charge in [-0.05, 0) is 25.5 Å². The highest BCUT2D eigenvalue weighted by molar-refractivity contribution is 7.15. The zero-order valence-electron chi connectivity index (χ0n) is 15.4. The van der Waals surface area contributed by atoms with Gasteiger partial charge in [0.25, 0.3) is 12.3 Å². The SMILES string of the molecule is CC12CCC(=O)N1c1ccccc1C(=O)N2CCC(=O)Nc1nnc(C(F)F)s1. The Kier molecular flexibility index (Phi) is 4.77. The van der Waals surface area contributed by atoms with E-state index in [2.05, 4.69) is 15.5 Å². The molecule has 0 saturated carbocycles. The fourth-order valence-corrected chi connectivity index (χ4v) is 4.43. The van der Waals surface area contributed by atoms with Crippen molar-refractivity contribution in [2.45, 2.75) is 38.3 Å². The second-order valence-electron chi connectivity index (χ2n) is 6.96. The normalized spacial score (nSPS) is 20.8. The molecule has 3 heterocycles. The molecule has 8 nitrogen and oxygen atoms in total. The summed E-state index contributed by atoms with van der Waals surface area (Å²) in [6.07, 6.45) is -2.06. The number of amides is 3. The van der Waals surface area contributed by atoms with E-state index in [0.717, 1.165) is 0 Å². The number of rotatable bonds is 5. The first kappa shape index (κ1) is 19.4. The molecule has 1 aromatic carbocycles. The van der Waals surface area contributed by atoms with Crippen LogP contribution in [0.5, 0.6) is 0 Å². The molecule has 0 spiro atoms. The standard InChI is InChI=1S/C18H17F2N5O3S/c1-18-8-6-13(27)25(18)11-5-3-2-4-10(11)16(28)24(18)9-7-12(26)21-17-23-22-15(29-17)14(19)20/h2-5,14H,6-9H2,1H3,(H,21,23,26). The number of aromatic nitrogens is 2. The van der Waals surface area contributed by atoms with Gasteiger partial charge in [0.2, 0.25) is 16.9 Å². The average Bonchev–Trinajstić information content (AvgIpc) is 3.26. The third-order valence-corrected chi connectivity index (χ3v) is 6.03. The zero-order valence-corrected chi connectivity index (χ0v) is 16.2. The second kappa shape index (κ2) is 7.14. The number of nitrogens with zero attached hydrogens (tertiary/aromatic N) is 4. The van der Waals surface area contributed by atoms with Crippen molar-refractivity contribution in [3.8, 4) is 0 Å². The number of benzene rings is 1. The third-order valence-electron chi connectivity index (χ3n) is 5.18. The van der Waals surface area contributed by atoms with Crippen molar-refractivity contribution in [2.75, 3.05) is 16.8 Å². The van der Waals surface area contributed by atoms with Crippen molar-refractivity contribution >= 4 is 39.9 Å². The third kappa shape index (κ3) is 3.24. The van der Waals surface area contributed by atoms with E-state index in [0.29, 0.717) is 35.4 Å². The van der Waals surface area contributed by atoms with E-state index in [-0.39, 0.29) is 29.9 Å². The molecule has 0 bridgehead atoms. The van der Waals surface area contributed by atoms with E-state index in [1.54, 1.807) is 29.2 Å². The molecular weight excluding hydrogens is 404 g/mol. The predicted octanol–water partition coefficient (Wildman–Crippen LogP) is 2.80. The van der Waals surface area contributed by atoms with Crippen LogP contribution in [0.3, 0.4) is 0 Å². The maximum atomic E-state index is 13.1. The fraction of sp³-hybridized carbons (Fsp3) is 0.389. The number of fused-ring (bicyclic) bond motifs is 3. The second-order valence-corrected chi connectivity index (χ2v) is 7.97. The number of para-hydroxylation sites is 1. The summed E-state index contributed by atoms with van der Waals surface area (Å²) in [5, 5.41) is 8.76. The van der Waals surface area contributed by atoms with Crippen molar-refractivity contribution in [3.63, 3.8) is 0 Å². The Morgan fingerprint density at radius 2 is 2.07 bits per heavy atom. The van der Waals surface area contributed by atoms with Gasteiger partial charge in [0.05, 0.1) is 11.3 Å². The lowest BCUT2D eigenvalue weighted by Gasteiger charge is -2.48. The number of halogens is 2. The number of hydrogen-bond acceptors (Lipinski definition) is 6. The van der Waals surface area contributed by atoms with E-state index in [9.17, 15) is 23.2 Å². The molecule has 11 heteroatoms. The van der Waals surface area contributed by atoms with E-state index < -0.39 is 23.0 Å².